The second-order valence-corrected chi connectivity index (χ2v) is 5.76. The lowest BCUT2D eigenvalue weighted by Crippen LogP contribution is -2.32. The minimum absolute atomic E-state index is 0.119. The molecule has 104 valence electrons. The predicted octanol–water partition coefficient (Wildman–Crippen LogP) is 2.32. The molecule has 0 bridgehead atoms. The van der Waals surface area contributed by atoms with Gasteiger partial charge in [0.25, 0.3) is 0 Å². The molecule has 0 saturated heterocycles. The molecule has 0 saturated carbocycles. The zero-order valence-corrected chi connectivity index (χ0v) is 12.2. The van der Waals surface area contributed by atoms with Gasteiger partial charge < -0.3 is 15.0 Å². The highest BCUT2D eigenvalue weighted by molar-refractivity contribution is 7.10. The van der Waals surface area contributed by atoms with E-state index in [2.05, 4.69) is 39.3 Å². The molecule has 0 aliphatic heterocycles. The van der Waals surface area contributed by atoms with Crippen LogP contribution in [0.15, 0.2) is 29.9 Å². The molecule has 2 heterocycles. The van der Waals surface area contributed by atoms with Crippen LogP contribution >= 0.6 is 11.3 Å². The molecular formula is C14H21N3OS. The highest BCUT2D eigenvalue weighted by Crippen LogP contribution is 2.25. The Hall–Kier alpha value is -1.17. The van der Waals surface area contributed by atoms with E-state index < -0.39 is 0 Å². The molecule has 2 unspecified atom stereocenters. The molecule has 5 heteroatoms. The third-order valence-corrected chi connectivity index (χ3v) is 4.13. The van der Waals surface area contributed by atoms with Gasteiger partial charge in [-0.1, -0.05) is 6.07 Å². The van der Waals surface area contributed by atoms with Crippen molar-refractivity contribution in [3.8, 4) is 0 Å². The van der Waals surface area contributed by atoms with E-state index in [4.69, 9.17) is 5.11 Å². The third kappa shape index (κ3) is 3.65. The zero-order valence-electron chi connectivity index (χ0n) is 11.4. The van der Waals surface area contributed by atoms with Gasteiger partial charge in [-0.25, -0.2) is 4.98 Å². The van der Waals surface area contributed by atoms with Crippen LogP contribution in [0.4, 0.5) is 0 Å². The third-order valence-electron chi connectivity index (χ3n) is 3.19. The van der Waals surface area contributed by atoms with E-state index in [9.17, 15) is 0 Å². The molecule has 2 aromatic heterocycles. The number of nitrogens with zero attached hydrogens (tertiary/aromatic N) is 2. The second kappa shape index (κ2) is 6.84. The molecule has 0 aliphatic carbocycles. The van der Waals surface area contributed by atoms with Crippen molar-refractivity contribution in [3.63, 3.8) is 0 Å². The Kier molecular flexibility index (Phi) is 5.13. The smallest absolute Gasteiger partial charge is 0.131 e. The summed E-state index contributed by atoms with van der Waals surface area (Å²) in [6.07, 6.45) is 5.58. The topological polar surface area (TPSA) is 50.1 Å². The number of thiophene rings is 1. The van der Waals surface area contributed by atoms with E-state index >= 15 is 0 Å². The summed E-state index contributed by atoms with van der Waals surface area (Å²) in [6, 6.07) is 4.66. The summed E-state index contributed by atoms with van der Waals surface area (Å²) in [4.78, 5) is 5.73. The number of hydrogen-bond acceptors (Lipinski definition) is 4. The lowest BCUT2D eigenvalue weighted by atomic mass is 10.1. The van der Waals surface area contributed by atoms with Crippen molar-refractivity contribution in [2.75, 3.05) is 6.61 Å². The van der Waals surface area contributed by atoms with Gasteiger partial charge in [-0.05, 0) is 31.2 Å². The highest BCUT2D eigenvalue weighted by atomic mass is 32.1. The zero-order chi connectivity index (χ0) is 13.7. The van der Waals surface area contributed by atoms with E-state index in [1.54, 1.807) is 11.3 Å². The summed E-state index contributed by atoms with van der Waals surface area (Å²) in [5, 5.41) is 14.6. The molecule has 0 spiro atoms. The van der Waals surface area contributed by atoms with Gasteiger partial charge >= 0.3 is 0 Å². The van der Waals surface area contributed by atoms with Gasteiger partial charge in [0.1, 0.15) is 11.9 Å². The number of aliphatic hydroxyl groups is 1. The van der Waals surface area contributed by atoms with Crippen LogP contribution in [0.5, 0.6) is 0 Å². The minimum atomic E-state index is 0.119. The lowest BCUT2D eigenvalue weighted by Gasteiger charge is -2.22. The fraction of sp³-hybridized carbons (Fsp3) is 0.500. The van der Waals surface area contributed by atoms with Crippen molar-refractivity contribution in [2.24, 2.45) is 7.05 Å². The summed E-state index contributed by atoms with van der Waals surface area (Å²) in [5.74, 6) is 1.03. The molecule has 0 aromatic carbocycles. The van der Waals surface area contributed by atoms with Gasteiger partial charge in [0.15, 0.2) is 0 Å². The van der Waals surface area contributed by atoms with Crippen LogP contribution in [-0.4, -0.2) is 27.3 Å². The van der Waals surface area contributed by atoms with Crippen LogP contribution in [0.1, 0.15) is 36.5 Å². The standard InChI is InChI=1S/C14H21N3OS/c1-11(5-3-9-18)16-13(12-6-4-10-19-12)14-15-7-8-17(14)2/h4,6-8,10-11,13,16,18H,3,5,9H2,1-2H3. The molecule has 0 amide bonds. The van der Waals surface area contributed by atoms with Crippen LogP contribution in [-0.2, 0) is 7.05 Å². The maximum absolute atomic E-state index is 8.92. The summed E-state index contributed by atoms with van der Waals surface area (Å²) < 4.78 is 2.05. The SMILES string of the molecule is CC(CCCO)NC(c1cccs1)c1nccn1C. The van der Waals surface area contributed by atoms with Crippen molar-refractivity contribution in [2.45, 2.75) is 31.8 Å². The monoisotopic (exact) mass is 279 g/mol. The molecule has 19 heavy (non-hydrogen) atoms. The van der Waals surface area contributed by atoms with Crippen LogP contribution in [0.3, 0.4) is 0 Å². The number of nitrogens with one attached hydrogen (secondary N) is 1. The van der Waals surface area contributed by atoms with Gasteiger partial charge in [-0.15, -0.1) is 11.3 Å². The average Bonchev–Trinajstić information content (AvgIpc) is 3.05. The summed E-state index contributed by atoms with van der Waals surface area (Å²) in [5.41, 5.74) is 0. The van der Waals surface area contributed by atoms with Crippen molar-refractivity contribution in [3.05, 3.63) is 40.6 Å². The number of aliphatic hydroxyl groups excluding tert-OH is 1. The normalized spacial score (nSPS) is 14.5. The quantitative estimate of drug-likeness (QED) is 0.818. The van der Waals surface area contributed by atoms with Crippen LogP contribution in [0.25, 0.3) is 0 Å². The number of imidazole rings is 1. The van der Waals surface area contributed by atoms with E-state index in [1.165, 1.54) is 4.88 Å². The van der Waals surface area contributed by atoms with E-state index in [0.717, 1.165) is 18.7 Å². The summed E-state index contributed by atoms with van der Waals surface area (Å²) >= 11 is 1.74. The Morgan fingerprint density at radius 2 is 2.37 bits per heavy atom. The van der Waals surface area contributed by atoms with Crippen LogP contribution < -0.4 is 5.32 Å². The first-order valence-corrected chi connectivity index (χ1v) is 7.48. The van der Waals surface area contributed by atoms with Gasteiger partial charge in [0.05, 0.1) is 0 Å². The summed E-state index contributed by atoms with van der Waals surface area (Å²) in [7, 11) is 2.02. The average molecular weight is 279 g/mol. The van der Waals surface area contributed by atoms with Gasteiger partial charge in [-0.3, -0.25) is 0 Å². The fourth-order valence-electron chi connectivity index (χ4n) is 2.16. The first-order valence-electron chi connectivity index (χ1n) is 6.60. The van der Waals surface area contributed by atoms with Gasteiger partial charge in [0, 0.05) is 37.0 Å². The maximum Gasteiger partial charge on any atom is 0.131 e. The van der Waals surface area contributed by atoms with Crippen LogP contribution in [0.2, 0.25) is 0 Å². The molecule has 0 radical (unpaired) electrons. The van der Waals surface area contributed by atoms with Crippen molar-refractivity contribution in [1.29, 1.82) is 0 Å². The largest absolute Gasteiger partial charge is 0.396 e. The lowest BCUT2D eigenvalue weighted by molar-refractivity contribution is 0.274. The Balaban J connectivity index is 2.14. The van der Waals surface area contributed by atoms with Gasteiger partial charge in [0.2, 0.25) is 0 Å². The van der Waals surface area contributed by atoms with E-state index in [1.807, 2.05) is 19.4 Å². The number of rotatable bonds is 7. The Morgan fingerprint density at radius 3 is 2.95 bits per heavy atom. The fourth-order valence-corrected chi connectivity index (χ4v) is 2.94. The Labute approximate surface area is 118 Å². The molecule has 4 nitrogen and oxygen atoms in total. The Morgan fingerprint density at radius 1 is 1.53 bits per heavy atom. The number of hydrogen-bond donors (Lipinski definition) is 2. The van der Waals surface area contributed by atoms with Crippen molar-refractivity contribution in [1.82, 2.24) is 14.9 Å². The first kappa shape index (κ1) is 14.2. The second-order valence-electron chi connectivity index (χ2n) is 4.78. The van der Waals surface area contributed by atoms with Crippen molar-refractivity contribution < 1.29 is 5.11 Å². The molecule has 2 aromatic rings. The first-order chi connectivity index (χ1) is 9.22. The van der Waals surface area contributed by atoms with Crippen LogP contribution in [0, 0.1) is 0 Å². The number of aromatic nitrogens is 2. The highest BCUT2D eigenvalue weighted by Gasteiger charge is 2.20. The summed E-state index contributed by atoms with van der Waals surface area (Å²) in [6.45, 7) is 2.40. The molecule has 2 rings (SSSR count). The molecule has 0 aliphatic rings. The maximum atomic E-state index is 8.92. The molecule has 0 fully saturated rings. The van der Waals surface area contributed by atoms with Crippen molar-refractivity contribution >= 4 is 11.3 Å². The molecule has 2 N–H and O–H groups in total. The van der Waals surface area contributed by atoms with Gasteiger partial charge in [-0.2, -0.15) is 0 Å². The molecular weight excluding hydrogens is 258 g/mol. The molecule has 2 atom stereocenters. The van der Waals surface area contributed by atoms with E-state index in [0.29, 0.717) is 6.04 Å². The number of aryl methyl sites for hydroxylation is 1. The van der Waals surface area contributed by atoms with E-state index in [-0.39, 0.29) is 12.6 Å². The predicted molar refractivity (Wildman–Crippen MR) is 78.3 cm³/mol. The minimum Gasteiger partial charge on any atom is -0.396 e. The Bertz CT molecular complexity index is 481.